The van der Waals surface area contributed by atoms with E-state index in [2.05, 4.69) is 20.2 Å². The molecule has 3 N–H and O–H groups in total. The third-order valence-electron chi connectivity index (χ3n) is 7.73. The number of carbonyl (C=O) groups excluding carboxylic acids is 1. The van der Waals surface area contributed by atoms with Crippen LogP contribution in [0.5, 0.6) is 5.75 Å². The van der Waals surface area contributed by atoms with Crippen molar-refractivity contribution in [3.05, 3.63) is 72.7 Å². The molecule has 1 aromatic carbocycles. The summed E-state index contributed by atoms with van der Waals surface area (Å²) in [5.41, 5.74) is 10.8. The van der Waals surface area contributed by atoms with Gasteiger partial charge in [-0.3, -0.25) is 14.2 Å². The summed E-state index contributed by atoms with van der Waals surface area (Å²) >= 11 is 0. The van der Waals surface area contributed by atoms with Crippen molar-refractivity contribution in [2.45, 2.75) is 57.4 Å². The van der Waals surface area contributed by atoms with Gasteiger partial charge < -0.3 is 20.4 Å². The van der Waals surface area contributed by atoms with Crippen molar-refractivity contribution < 1.29 is 17.9 Å². The predicted octanol–water partition coefficient (Wildman–Crippen LogP) is 4.83. The second-order valence-corrected chi connectivity index (χ2v) is 12.7. The number of benzene rings is 1. The molecule has 12 nitrogen and oxygen atoms in total. The first-order valence-electron chi connectivity index (χ1n) is 15.0. The Morgan fingerprint density at radius 2 is 1.84 bits per heavy atom. The smallest absolute Gasteiger partial charge is 0.291 e. The Labute approximate surface area is 262 Å². The van der Waals surface area contributed by atoms with Crippen LogP contribution in [0.3, 0.4) is 0 Å². The molecule has 236 valence electrons. The standard InChI is InChI=1S/C32H38N8O4S/c1-5-17-39(32(41)30-35-20-36-38-30)23(6-2)11-15-27-28(45(4,42)43)29(33)40-18-16-25(31(40)37-27)22-10-14-26(34-19-22)21-8-12-24(13-9-21)44-7-3/h8-10,12-14,16,18-20,23H,5-7,11,15,17,33H2,1-4H3,(H,35,36,38)/t23-/m1/s1. The number of sulfone groups is 1. The highest BCUT2D eigenvalue weighted by molar-refractivity contribution is 7.91. The molecule has 45 heavy (non-hydrogen) atoms. The molecule has 0 aliphatic carbocycles. The van der Waals surface area contributed by atoms with Gasteiger partial charge in [-0.1, -0.05) is 19.9 Å². The maximum Gasteiger partial charge on any atom is 0.291 e. The van der Waals surface area contributed by atoms with Crippen molar-refractivity contribution >= 4 is 27.2 Å². The lowest BCUT2D eigenvalue weighted by Gasteiger charge is -2.30. The summed E-state index contributed by atoms with van der Waals surface area (Å²) in [5, 5.41) is 7.64. The first-order chi connectivity index (χ1) is 21.7. The summed E-state index contributed by atoms with van der Waals surface area (Å²) < 4.78 is 33.1. The minimum Gasteiger partial charge on any atom is -0.494 e. The van der Waals surface area contributed by atoms with E-state index in [0.717, 1.165) is 40.8 Å². The number of nitrogen functional groups attached to an aromatic ring is 1. The minimum atomic E-state index is -3.72. The topological polar surface area (TPSA) is 161 Å². The highest BCUT2D eigenvalue weighted by Crippen LogP contribution is 2.32. The van der Waals surface area contributed by atoms with Crippen LogP contribution in [-0.2, 0) is 16.3 Å². The Balaban J connectivity index is 1.48. The summed E-state index contributed by atoms with van der Waals surface area (Å²) in [6, 6.07) is 13.3. The van der Waals surface area contributed by atoms with Gasteiger partial charge in [0.25, 0.3) is 5.91 Å². The average molecular weight is 631 g/mol. The molecule has 1 amide bonds. The van der Waals surface area contributed by atoms with Crippen molar-refractivity contribution in [1.82, 2.24) is 34.4 Å². The van der Waals surface area contributed by atoms with E-state index in [4.69, 9.17) is 15.5 Å². The van der Waals surface area contributed by atoms with E-state index >= 15 is 0 Å². The molecule has 5 aromatic rings. The zero-order valence-electron chi connectivity index (χ0n) is 25.9. The molecule has 0 unspecified atom stereocenters. The number of aryl methyl sites for hydroxylation is 1. The van der Waals surface area contributed by atoms with Crippen LogP contribution in [0.15, 0.2) is 66.1 Å². The Bertz CT molecular complexity index is 1870. The van der Waals surface area contributed by atoms with Gasteiger partial charge in [-0.25, -0.2) is 13.4 Å². The van der Waals surface area contributed by atoms with Gasteiger partial charge in [0.05, 0.1) is 18.0 Å². The lowest BCUT2D eigenvalue weighted by molar-refractivity contribution is 0.0650. The quantitative estimate of drug-likeness (QED) is 0.186. The number of hydrogen-bond acceptors (Lipinski definition) is 9. The van der Waals surface area contributed by atoms with Gasteiger partial charge in [0.2, 0.25) is 5.82 Å². The lowest BCUT2D eigenvalue weighted by atomic mass is 10.0. The molecular weight excluding hydrogens is 592 g/mol. The number of aromatic amines is 1. The molecule has 0 fully saturated rings. The summed E-state index contributed by atoms with van der Waals surface area (Å²) in [5.74, 6) is 0.819. The molecule has 13 heteroatoms. The maximum absolute atomic E-state index is 13.2. The summed E-state index contributed by atoms with van der Waals surface area (Å²) in [7, 11) is -3.72. The van der Waals surface area contributed by atoms with Crippen LogP contribution in [0.2, 0.25) is 0 Å². The lowest BCUT2D eigenvalue weighted by Crippen LogP contribution is -2.41. The number of carbonyl (C=O) groups is 1. The Morgan fingerprint density at radius 1 is 1.09 bits per heavy atom. The summed E-state index contributed by atoms with van der Waals surface area (Å²) in [6.45, 7) is 7.07. The normalized spacial score (nSPS) is 12.4. The zero-order chi connectivity index (χ0) is 32.1. The number of nitrogens with zero attached hydrogens (tertiary/aromatic N) is 6. The van der Waals surface area contributed by atoms with Gasteiger partial charge in [-0.05, 0) is 69.0 Å². The highest BCUT2D eigenvalue weighted by Gasteiger charge is 2.28. The van der Waals surface area contributed by atoms with E-state index in [1.807, 2.05) is 63.2 Å². The molecule has 0 radical (unpaired) electrons. The first-order valence-corrected chi connectivity index (χ1v) is 16.9. The van der Waals surface area contributed by atoms with Crippen LogP contribution in [0.1, 0.15) is 56.3 Å². The zero-order valence-corrected chi connectivity index (χ0v) is 26.7. The Morgan fingerprint density at radius 3 is 2.44 bits per heavy atom. The third-order valence-corrected chi connectivity index (χ3v) is 8.92. The molecule has 5 rings (SSSR count). The average Bonchev–Trinajstić information content (AvgIpc) is 3.72. The van der Waals surface area contributed by atoms with E-state index in [0.29, 0.717) is 43.8 Å². The van der Waals surface area contributed by atoms with E-state index < -0.39 is 9.84 Å². The summed E-state index contributed by atoms with van der Waals surface area (Å²) in [6.07, 6.45) is 8.19. The highest BCUT2D eigenvalue weighted by atomic mass is 32.2. The van der Waals surface area contributed by atoms with Crippen molar-refractivity contribution in [3.8, 4) is 28.1 Å². The van der Waals surface area contributed by atoms with E-state index in [1.54, 1.807) is 21.7 Å². The van der Waals surface area contributed by atoms with Crippen LogP contribution in [0.25, 0.3) is 28.0 Å². The summed E-state index contributed by atoms with van der Waals surface area (Å²) in [4.78, 5) is 27.3. The van der Waals surface area contributed by atoms with E-state index in [-0.39, 0.29) is 28.5 Å². The molecule has 1 atom stereocenters. The maximum atomic E-state index is 13.2. The molecule has 4 heterocycles. The number of ether oxygens (including phenoxy) is 1. The number of rotatable bonds is 13. The number of amides is 1. The number of nitrogens with one attached hydrogen (secondary N) is 1. The van der Waals surface area contributed by atoms with Crippen molar-refractivity contribution in [3.63, 3.8) is 0 Å². The molecule has 0 bridgehead atoms. The molecule has 0 saturated heterocycles. The van der Waals surface area contributed by atoms with Gasteiger partial charge in [0, 0.05) is 47.9 Å². The molecule has 0 saturated carbocycles. The van der Waals surface area contributed by atoms with Gasteiger partial charge in [0.15, 0.2) is 9.84 Å². The van der Waals surface area contributed by atoms with Crippen LogP contribution in [-0.4, -0.2) is 74.2 Å². The molecule has 0 aliphatic heterocycles. The monoisotopic (exact) mass is 630 g/mol. The largest absolute Gasteiger partial charge is 0.494 e. The second-order valence-electron chi connectivity index (χ2n) is 10.8. The van der Waals surface area contributed by atoms with Crippen LogP contribution >= 0.6 is 0 Å². The fraction of sp³-hybridized carbons (Fsp3) is 0.344. The Hall–Kier alpha value is -4.78. The predicted molar refractivity (Wildman–Crippen MR) is 173 cm³/mol. The van der Waals surface area contributed by atoms with Crippen LogP contribution in [0, 0.1) is 0 Å². The number of anilines is 1. The van der Waals surface area contributed by atoms with Crippen molar-refractivity contribution in [2.75, 3.05) is 25.1 Å². The van der Waals surface area contributed by atoms with Crippen LogP contribution in [0.4, 0.5) is 5.82 Å². The van der Waals surface area contributed by atoms with Gasteiger partial charge in [0.1, 0.15) is 28.4 Å². The van der Waals surface area contributed by atoms with E-state index in [9.17, 15) is 13.2 Å². The van der Waals surface area contributed by atoms with Crippen LogP contribution < -0.4 is 10.5 Å². The van der Waals surface area contributed by atoms with E-state index in [1.165, 1.54) is 6.33 Å². The van der Waals surface area contributed by atoms with Gasteiger partial charge in [-0.2, -0.15) is 0 Å². The molecule has 4 aromatic heterocycles. The molecule has 0 spiro atoms. The fourth-order valence-electron chi connectivity index (χ4n) is 5.60. The number of H-pyrrole nitrogens is 1. The third kappa shape index (κ3) is 6.68. The SMILES string of the molecule is CCCN(C(=O)c1nnc[nH]1)[C@H](CC)CCc1nc2c(-c3ccc(-c4ccc(OCC)cc4)nc3)ccn2c(N)c1S(C)(=O)=O. The Kier molecular flexibility index (Phi) is 9.47. The minimum absolute atomic E-state index is 0.000391. The second kappa shape index (κ2) is 13.5. The molecule has 0 aliphatic rings. The number of hydrogen-bond donors (Lipinski definition) is 2. The van der Waals surface area contributed by atoms with Crippen molar-refractivity contribution in [2.24, 2.45) is 0 Å². The van der Waals surface area contributed by atoms with Gasteiger partial charge >= 0.3 is 0 Å². The molecular formula is C32H38N8O4S. The van der Waals surface area contributed by atoms with Gasteiger partial charge in [-0.15, -0.1) is 10.2 Å². The first kappa shape index (κ1) is 31.6. The number of aromatic nitrogens is 6. The number of fused-ring (bicyclic) bond motifs is 1. The fourth-order valence-corrected chi connectivity index (χ4v) is 6.65. The van der Waals surface area contributed by atoms with Crippen molar-refractivity contribution in [1.29, 1.82) is 0 Å². The number of pyridine rings is 1. The number of nitrogens with two attached hydrogens (primary N) is 1.